The number of hydrogen-bond donors (Lipinski definition) is 2. The molecule has 2 saturated heterocycles. The summed E-state index contributed by atoms with van der Waals surface area (Å²) in [5, 5.41) is 31.6. The van der Waals surface area contributed by atoms with Gasteiger partial charge < -0.3 is 20.3 Å². The fourth-order valence-electron chi connectivity index (χ4n) is 6.50. The number of carbonyl (C=O) groups excluding carboxylic acids is 1. The summed E-state index contributed by atoms with van der Waals surface area (Å²) in [6.45, 7) is 4.83. The van der Waals surface area contributed by atoms with Crippen molar-refractivity contribution in [3.8, 4) is 28.0 Å². The summed E-state index contributed by atoms with van der Waals surface area (Å²) in [5.41, 5.74) is 4.86. The second kappa shape index (κ2) is 10.7. The molecule has 2 N–H and O–H groups in total. The highest BCUT2D eigenvalue weighted by atomic mass is 32.1. The predicted octanol–water partition coefficient (Wildman–Crippen LogP) is 3.73. The van der Waals surface area contributed by atoms with Crippen molar-refractivity contribution in [3.05, 3.63) is 42.2 Å². The van der Waals surface area contributed by atoms with Crippen molar-refractivity contribution in [1.29, 1.82) is 5.26 Å². The van der Waals surface area contributed by atoms with Gasteiger partial charge in [0.2, 0.25) is 11.0 Å². The number of carbonyl (C=O) groups is 1. The van der Waals surface area contributed by atoms with Crippen LogP contribution in [-0.2, 0) is 9.53 Å². The van der Waals surface area contributed by atoms with E-state index < -0.39 is 0 Å². The maximum absolute atomic E-state index is 11.7. The third kappa shape index (κ3) is 5.00. The molecule has 6 heterocycles. The summed E-state index contributed by atoms with van der Waals surface area (Å²) >= 11 is 1.59. The number of aromatic nitrogens is 5. The van der Waals surface area contributed by atoms with Crippen molar-refractivity contribution >= 4 is 33.6 Å². The largest absolute Gasteiger partial charge is 0.381 e. The van der Waals surface area contributed by atoms with Gasteiger partial charge in [-0.2, -0.15) is 10.4 Å². The van der Waals surface area contributed by atoms with E-state index in [-0.39, 0.29) is 18.0 Å². The molecule has 11 nitrogen and oxygen atoms in total. The lowest BCUT2D eigenvalue weighted by Crippen LogP contribution is -2.52. The van der Waals surface area contributed by atoms with Crippen LogP contribution in [-0.4, -0.2) is 69.1 Å². The highest BCUT2D eigenvalue weighted by molar-refractivity contribution is 7.18. The Kier molecular flexibility index (Phi) is 6.76. The summed E-state index contributed by atoms with van der Waals surface area (Å²) < 4.78 is 7.40. The lowest BCUT2D eigenvalue weighted by atomic mass is 9.92. The van der Waals surface area contributed by atoms with Crippen LogP contribution in [0.15, 0.2) is 36.7 Å². The van der Waals surface area contributed by atoms with Gasteiger partial charge >= 0.3 is 0 Å². The third-order valence-electron chi connectivity index (χ3n) is 8.50. The maximum Gasteiger partial charge on any atom is 0.217 e. The second-order valence-electron chi connectivity index (χ2n) is 11.2. The Hall–Kier alpha value is -4.08. The average Bonchev–Trinajstić information content (AvgIpc) is 3.69. The van der Waals surface area contributed by atoms with Gasteiger partial charge in [-0.25, -0.2) is 4.52 Å². The molecule has 0 aromatic carbocycles. The highest BCUT2D eigenvalue weighted by Crippen LogP contribution is 2.41. The molecule has 2 bridgehead atoms. The number of nitrogens with one attached hydrogen (secondary N) is 2. The van der Waals surface area contributed by atoms with E-state index in [9.17, 15) is 10.1 Å². The van der Waals surface area contributed by atoms with Crippen molar-refractivity contribution < 1.29 is 9.53 Å². The minimum absolute atomic E-state index is 0.0508. The number of pyridine rings is 1. The normalized spacial score (nSPS) is 22.5. The van der Waals surface area contributed by atoms with Gasteiger partial charge in [0.15, 0.2) is 5.01 Å². The summed E-state index contributed by atoms with van der Waals surface area (Å²) in [6.07, 6.45) is 7.55. The van der Waals surface area contributed by atoms with E-state index in [1.165, 1.54) is 0 Å². The topological polar surface area (TPSA) is 133 Å². The number of ether oxygens (including phenoxy) is 1. The van der Waals surface area contributed by atoms with Crippen molar-refractivity contribution in [2.45, 2.75) is 44.7 Å². The SMILES string of the molecule is CC(=O)NC1[C@@H]2CC[C@H]1CN(c1nnc(-c3cnc(-c4ccc5cc(C#N)cnn45)cc3NC3CCOCC3)s1)C2. The van der Waals surface area contributed by atoms with Crippen LogP contribution in [0, 0.1) is 23.2 Å². The van der Waals surface area contributed by atoms with E-state index >= 15 is 0 Å². The number of nitrogens with zero attached hydrogens (tertiary/aromatic N) is 7. The smallest absolute Gasteiger partial charge is 0.217 e. The Morgan fingerprint density at radius 2 is 1.90 bits per heavy atom. The Balaban J connectivity index is 1.19. The standard InChI is InChI=1S/C29H31N9O2S/c1-17(39)33-27-19-2-3-20(27)16-37(15-19)29-36-35-28(41-29)23-14-31-25(11-24(23)34-21-6-8-40-9-7-21)26-5-4-22-10-18(12-30)13-32-38(22)26/h4-5,10-11,13-14,19-21,27H,2-3,6-9,15-16H2,1H3,(H,31,34)(H,33,39)/t19-,20+,27?. The van der Waals surface area contributed by atoms with E-state index in [0.717, 1.165) is 90.3 Å². The van der Waals surface area contributed by atoms with Gasteiger partial charge in [-0.05, 0) is 61.8 Å². The molecule has 4 aromatic rings. The lowest BCUT2D eigenvalue weighted by Gasteiger charge is -2.37. The van der Waals surface area contributed by atoms with Crippen molar-refractivity contribution in [2.24, 2.45) is 11.8 Å². The van der Waals surface area contributed by atoms with Crippen molar-refractivity contribution in [1.82, 2.24) is 30.1 Å². The minimum atomic E-state index is 0.0508. The van der Waals surface area contributed by atoms with Crippen molar-refractivity contribution in [2.75, 3.05) is 36.5 Å². The summed E-state index contributed by atoms with van der Waals surface area (Å²) in [5.74, 6) is 0.924. The van der Waals surface area contributed by atoms with Crippen LogP contribution >= 0.6 is 11.3 Å². The number of piperidine rings is 1. The summed E-state index contributed by atoms with van der Waals surface area (Å²) in [4.78, 5) is 18.9. The molecule has 0 spiro atoms. The number of rotatable bonds is 6. The molecule has 3 fully saturated rings. The monoisotopic (exact) mass is 569 g/mol. The van der Waals surface area contributed by atoms with E-state index in [1.54, 1.807) is 24.5 Å². The number of hydrogen-bond acceptors (Lipinski definition) is 10. The van der Waals surface area contributed by atoms with Crippen LogP contribution in [0.2, 0.25) is 0 Å². The van der Waals surface area contributed by atoms with Gasteiger partial charge in [-0.1, -0.05) is 11.3 Å². The van der Waals surface area contributed by atoms with Gasteiger partial charge in [0.25, 0.3) is 0 Å². The van der Waals surface area contributed by atoms with Crippen LogP contribution in [0.25, 0.3) is 27.5 Å². The van der Waals surface area contributed by atoms with Crippen LogP contribution in [0.4, 0.5) is 10.8 Å². The third-order valence-corrected chi connectivity index (χ3v) is 9.51. The zero-order valence-corrected chi connectivity index (χ0v) is 23.6. The van der Waals surface area contributed by atoms with E-state index in [4.69, 9.17) is 9.72 Å². The fraction of sp³-hybridized carbons (Fsp3) is 0.448. The lowest BCUT2D eigenvalue weighted by molar-refractivity contribution is -0.120. The first-order valence-electron chi connectivity index (χ1n) is 14.1. The highest BCUT2D eigenvalue weighted by Gasteiger charge is 2.43. The van der Waals surface area contributed by atoms with Gasteiger partial charge in [-0.3, -0.25) is 9.78 Å². The molecular formula is C29H31N9O2S. The Morgan fingerprint density at radius 1 is 1.10 bits per heavy atom. The van der Waals surface area contributed by atoms with Gasteiger partial charge in [0, 0.05) is 57.2 Å². The molecule has 41 heavy (non-hydrogen) atoms. The molecule has 12 heteroatoms. The maximum atomic E-state index is 11.7. The van der Waals surface area contributed by atoms with E-state index in [1.807, 2.05) is 28.9 Å². The first-order chi connectivity index (χ1) is 20.1. The van der Waals surface area contributed by atoms with Crippen LogP contribution in [0.5, 0.6) is 0 Å². The molecule has 2 aliphatic heterocycles. The molecule has 7 rings (SSSR count). The first kappa shape index (κ1) is 25.9. The number of amides is 1. The molecular weight excluding hydrogens is 538 g/mol. The first-order valence-corrected chi connectivity index (χ1v) is 15.0. The van der Waals surface area contributed by atoms with Crippen LogP contribution in [0.3, 0.4) is 0 Å². The molecule has 1 aliphatic carbocycles. The Labute approximate surface area is 241 Å². The molecule has 1 saturated carbocycles. The van der Waals surface area contributed by atoms with Gasteiger partial charge in [0.1, 0.15) is 6.07 Å². The predicted molar refractivity (Wildman–Crippen MR) is 156 cm³/mol. The summed E-state index contributed by atoms with van der Waals surface area (Å²) in [7, 11) is 0. The molecule has 3 aliphatic rings. The number of fused-ring (bicyclic) bond motifs is 3. The fourth-order valence-corrected chi connectivity index (χ4v) is 7.39. The molecule has 0 radical (unpaired) electrons. The number of anilines is 2. The average molecular weight is 570 g/mol. The van der Waals surface area contributed by atoms with Crippen LogP contribution < -0.4 is 15.5 Å². The summed E-state index contributed by atoms with van der Waals surface area (Å²) in [6, 6.07) is 10.5. The van der Waals surface area contributed by atoms with Gasteiger partial charge in [0.05, 0.1) is 34.2 Å². The van der Waals surface area contributed by atoms with Crippen molar-refractivity contribution in [3.63, 3.8) is 0 Å². The Morgan fingerprint density at radius 3 is 2.66 bits per heavy atom. The molecule has 210 valence electrons. The molecule has 1 unspecified atom stereocenters. The molecule has 1 amide bonds. The Bertz CT molecular complexity index is 1620. The van der Waals surface area contributed by atoms with E-state index in [0.29, 0.717) is 17.4 Å². The van der Waals surface area contributed by atoms with E-state index in [2.05, 4.69) is 43.0 Å². The zero-order valence-electron chi connectivity index (χ0n) is 22.8. The second-order valence-corrected chi connectivity index (χ2v) is 12.1. The zero-order chi connectivity index (χ0) is 27.9. The van der Waals surface area contributed by atoms with Crippen LogP contribution in [0.1, 0.15) is 38.2 Å². The minimum Gasteiger partial charge on any atom is -0.381 e. The quantitative estimate of drug-likeness (QED) is 0.356. The molecule has 3 atom stereocenters. The van der Waals surface area contributed by atoms with Gasteiger partial charge in [-0.15, -0.1) is 10.2 Å². The molecule has 4 aromatic heterocycles. The number of nitriles is 1.